The van der Waals surface area contributed by atoms with Gasteiger partial charge in [-0.2, -0.15) is 0 Å². The van der Waals surface area contributed by atoms with Gasteiger partial charge in [0.1, 0.15) is 23.3 Å². The van der Waals surface area contributed by atoms with Crippen LogP contribution in [0.5, 0.6) is 0 Å². The number of fused-ring (bicyclic) bond motifs is 2. The lowest BCUT2D eigenvalue weighted by molar-refractivity contribution is 0.0935. The van der Waals surface area contributed by atoms with E-state index in [-0.39, 0.29) is 34.9 Å². The molecule has 0 heterocycles. The smallest absolute Gasteiger partial charge is 0.189 e. The first-order valence-corrected chi connectivity index (χ1v) is 13.9. The summed E-state index contributed by atoms with van der Waals surface area (Å²) < 4.78 is 53.7. The van der Waals surface area contributed by atoms with E-state index in [9.17, 15) is 27.2 Å². The molecule has 6 rings (SSSR count). The molecule has 2 nitrogen and oxygen atoms in total. The Hall–Kier alpha value is -3.36. The summed E-state index contributed by atoms with van der Waals surface area (Å²) >= 11 is 6.57. The number of carbonyl (C=O) groups is 2. The molecule has 0 spiro atoms. The van der Waals surface area contributed by atoms with Crippen molar-refractivity contribution in [2.45, 2.75) is 19.3 Å². The fourth-order valence-corrected chi connectivity index (χ4v) is 5.93. The molecule has 2 aliphatic carbocycles. The third kappa shape index (κ3) is 6.03. The molecule has 202 valence electrons. The second-order valence-electron chi connectivity index (χ2n) is 9.65. The number of benzene rings is 4. The van der Waals surface area contributed by atoms with Gasteiger partial charge in [-0.3, -0.25) is 9.59 Å². The van der Waals surface area contributed by atoms with Crippen LogP contribution in [0.2, 0.25) is 0 Å². The molecule has 8 heteroatoms. The molecule has 1 unspecified atom stereocenters. The van der Waals surface area contributed by atoms with Crippen molar-refractivity contribution in [3.05, 3.63) is 144 Å². The average Bonchev–Trinajstić information content (AvgIpc) is 3.38. The third-order valence-electron chi connectivity index (χ3n) is 6.94. The number of allylic oxidation sites excluding steroid dienone is 1. The van der Waals surface area contributed by atoms with Gasteiger partial charge in [-0.15, -0.1) is 0 Å². The highest BCUT2D eigenvalue weighted by atomic mass is 79.9. The first kappa shape index (κ1) is 28.2. The van der Waals surface area contributed by atoms with Gasteiger partial charge in [0.2, 0.25) is 0 Å². The topological polar surface area (TPSA) is 34.1 Å². The summed E-state index contributed by atoms with van der Waals surface area (Å²) in [5.74, 6) is -1.87. The van der Waals surface area contributed by atoms with E-state index in [1.54, 1.807) is 30.3 Å². The number of carbonyl (C=O) groups excluding carboxylic acids is 2. The second-order valence-corrected chi connectivity index (χ2v) is 11.4. The zero-order valence-corrected chi connectivity index (χ0v) is 24.0. The van der Waals surface area contributed by atoms with Gasteiger partial charge in [0.15, 0.2) is 11.6 Å². The maximum absolute atomic E-state index is 13.2. The molecule has 2 aliphatic rings. The minimum absolute atomic E-state index is 0.0317. The van der Waals surface area contributed by atoms with Crippen LogP contribution in [0, 0.1) is 29.2 Å². The molecule has 0 bridgehead atoms. The Balaban J connectivity index is 0.000000161. The highest BCUT2D eigenvalue weighted by Gasteiger charge is 2.31. The van der Waals surface area contributed by atoms with Crippen LogP contribution in [0.25, 0.3) is 6.08 Å². The Labute approximate surface area is 245 Å². The minimum Gasteiger partial charge on any atom is -0.294 e. The third-order valence-corrected chi connectivity index (χ3v) is 8.36. The molecular weight excluding hydrogens is 652 g/mol. The van der Waals surface area contributed by atoms with Gasteiger partial charge >= 0.3 is 0 Å². The lowest BCUT2D eigenvalue weighted by Gasteiger charge is -2.09. The molecule has 0 aromatic heterocycles. The zero-order valence-electron chi connectivity index (χ0n) is 20.8. The van der Waals surface area contributed by atoms with Crippen molar-refractivity contribution in [3.8, 4) is 0 Å². The predicted octanol–water partition coefficient (Wildman–Crippen LogP) is 8.87. The SMILES string of the molecule is O=C1/C(=C/c2ccc(F)cc2Br)Cc2ccc(F)cc21.O=C1c2cc(F)ccc2CC1Cc1ccc(F)cc1Br. The maximum atomic E-state index is 13.2. The van der Waals surface area contributed by atoms with Crippen LogP contribution >= 0.6 is 31.9 Å². The van der Waals surface area contributed by atoms with Crippen LogP contribution in [0.15, 0.2) is 87.3 Å². The fraction of sp³-hybridized carbons (Fsp3) is 0.125. The van der Waals surface area contributed by atoms with Gasteiger partial charge in [-0.05, 0) is 89.7 Å². The summed E-state index contributed by atoms with van der Waals surface area (Å²) in [5.41, 5.74) is 4.79. The molecule has 0 saturated heterocycles. The van der Waals surface area contributed by atoms with E-state index in [2.05, 4.69) is 31.9 Å². The van der Waals surface area contributed by atoms with E-state index in [0.717, 1.165) is 22.3 Å². The number of hydrogen-bond acceptors (Lipinski definition) is 2. The minimum atomic E-state index is -0.415. The highest BCUT2D eigenvalue weighted by Crippen LogP contribution is 2.32. The quantitative estimate of drug-likeness (QED) is 0.161. The number of rotatable bonds is 3. The molecule has 4 aromatic carbocycles. The Kier molecular flexibility index (Phi) is 8.19. The van der Waals surface area contributed by atoms with Crippen LogP contribution in [-0.4, -0.2) is 11.6 Å². The second kappa shape index (κ2) is 11.6. The lowest BCUT2D eigenvalue weighted by Crippen LogP contribution is -2.12. The van der Waals surface area contributed by atoms with Crippen molar-refractivity contribution < 1.29 is 27.2 Å². The summed E-state index contributed by atoms with van der Waals surface area (Å²) in [7, 11) is 0. The monoisotopic (exact) mass is 670 g/mol. The van der Waals surface area contributed by atoms with Crippen LogP contribution in [0.3, 0.4) is 0 Å². The van der Waals surface area contributed by atoms with Crippen molar-refractivity contribution in [1.29, 1.82) is 0 Å². The van der Waals surface area contributed by atoms with Crippen molar-refractivity contribution >= 4 is 49.5 Å². The molecule has 0 aliphatic heterocycles. The van der Waals surface area contributed by atoms with Crippen LogP contribution in [0.4, 0.5) is 17.6 Å². The maximum Gasteiger partial charge on any atom is 0.189 e. The molecule has 0 radical (unpaired) electrons. The van der Waals surface area contributed by atoms with Crippen molar-refractivity contribution in [2.75, 3.05) is 0 Å². The molecule has 40 heavy (non-hydrogen) atoms. The van der Waals surface area contributed by atoms with Gasteiger partial charge in [0, 0.05) is 38.0 Å². The molecule has 0 amide bonds. The number of ketones is 2. The molecule has 1 atom stereocenters. The molecular formula is C32H20Br2F4O2. The first-order valence-electron chi connectivity index (χ1n) is 12.3. The van der Waals surface area contributed by atoms with Gasteiger partial charge < -0.3 is 0 Å². The molecule has 0 N–H and O–H groups in total. The Morgan fingerprint density at radius 2 is 1.27 bits per heavy atom. The van der Waals surface area contributed by atoms with Crippen LogP contribution in [-0.2, 0) is 19.3 Å². The van der Waals surface area contributed by atoms with E-state index < -0.39 is 5.82 Å². The normalized spacial score (nSPS) is 16.6. The Morgan fingerprint density at radius 1 is 0.700 bits per heavy atom. The number of halogens is 6. The zero-order chi connectivity index (χ0) is 28.6. The van der Waals surface area contributed by atoms with Crippen molar-refractivity contribution in [3.63, 3.8) is 0 Å². The van der Waals surface area contributed by atoms with E-state index in [1.165, 1.54) is 48.5 Å². The number of hydrogen-bond donors (Lipinski definition) is 0. The molecule has 0 saturated carbocycles. The summed E-state index contributed by atoms with van der Waals surface area (Å²) in [6.45, 7) is 0. The van der Waals surface area contributed by atoms with Gasteiger partial charge in [0.05, 0.1) is 0 Å². The van der Waals surface area contributed by atoms with Gasteiger partial charge in [-0.25, -0.2) is 17.6 Å². The van der Waals surface area contributed by atoms with E-state index in [4.69, 9.17) is 0 Å². The standard InChI is InChI=1S/C16H11BrF2O.C16H9BrF2O/c2*17-15-8-13(19)4-2-10(15)6-11-5-9-1-3-12(18)7-14(9)16(11)20/h1-4,7-8,11H,5-6H2;1-4,6-8H,5H2/b;11-6+. The average molecular weight is 672 g/mol. The summed E-state index contributed by atoms with van der Waals surface area (Å²) in [6, 6.07) is 17.3. The van der Waals surface area contributed by atoms with E-state index in [1.807, 2.05) is 0 Å². The number of Topliss-reactive ketones (excluding diaryl/α,β-unsaturated/α-hetero) is 2. The lowest BCUT2D eigenvalue weighted by atomic mass is 9.96. The molecule has 4 aromatic rings. The summed E-state index contributed by atoms with van der Waals surface area (Å²) in [5, 5.41) is 0. The van der Waals surface area contributed by atoms with Crippen molar-refractivity contribution in [1.82, 2.24) is 0 Å². The molecule has 0 fully saturated rings. The largest absolute Gasteiger partial charge is 0.294 e. The van der Waals surface area contributed by atoms with Crippen LogP contribution in [0.1, 0.15) is 43.0 Å². The predicted molar refractivity (Wildman–Crippen MR) is 152 cm³/mol. The van der Waals surface area contributed by atoms with E-state index >= 15 is 0 Å². The van der Waals surface area contributed by atoms with Crippen molar-refractivity contribution in [2.24, 2.45) is 5.92 Å². The summed E-state index contributed by atoms with van der Waals surface area (Å²) in [4.78, 5) is 24.5. The van der Waals surface area contributed by atoms with E-state index in [0.29, 0.717) is 44.9 Å². The highest BCUT2D eigenvalue weighted by molar-refractivity contribution is 9.10. The first-order chi connectivity index (χ1) is 19.1. The Bertz CT molecular complexity index is 1700. The fourth-order valence-electron chi connectivity index (χ4n) is 4.95. The van der Waals surface area contributed by atoms with Gasteiger partial charge in [0.25, 0.3) is 0 Å². The van der Waals surface area contributed by atoms with Gasteiger partial charge in [-0.1, -0.05) is 56.1 Å². The summed E-state index contributed by atoms with van der Waals surface area (Å²) in [6.07, 6.45) is 3.32. The van der Waals surface area contributed by atoms with Crippen LogP contribution < -0.4 is 0 Å². The Morgan fingerprint density at radius 3 is 1.95 bits per heavy atom.